The Morgan fingerprint density at radius 1 is 1.21 bits per heavy atom. The Kier molecular flexibility index (Phi) is 4.20. The minimum Gasteiger partial charge on any atom is -0.378 e. The Morgan fingerprint density at radius 2 is 1.92 bits per heavy atom. The summed E-state index contributed by atoms with van der Waals surface area (Å²) >= 11 is 0. The highest BCUT2D eigenvalue weighted by Crippen LogP contribution is 2.33. The number of rotatable bonds is 4. The lowest BCUT2D eigenvalue weighted by Crippen LogP contribution is -2.22. The van der Waals surface area contributed by atoms with E-state index >= 15 is 0 Å². The van der Waals surface area contributed by atoms with E-state index in [0.29, 0.717) is 5.95 Å². The maximum Gasteiger partial charge on any atom is 0.353 e. The van der Waals surface area contributed by atoms with Crippen molar-refractivity contribution in [2.24, 2.45) is 0 Å². The summed E-state index contributed by atoms with van der Waals surface area (Å²) in [5.74, 6) is 0.433. The standard InChI is InChI=1S/C16H20N6O2/c1-10-5-6-12(9-11(10)2)18-15-13(22(23)24)14(17)19-16(20-15)21-7-3-4-8-21/h5-6,9H,3-4,7-8H2,1-2H3,(H3,17,18,19,20). The first-order valence-corrected chi connectivity index (χ1v) is 7.87. The number of nitro groups is 1. The molecule has 0 saturated carbocycles. The Hall–Kier alpha value is -2.90. The van der Waals surface area contributed by atoms with E-state index in [0.717, 1.165) is 42.7 Å². The Morgan fingerprint density at radius 3 is 2.54 bits per heavy atom. The van der Waals surface area contributed by atoms with Gasteiger partial charge in [-0.1, -0.05) is 6.07 Å². The van der Waals surface area contributed by atoms with E-state index in [1.165, 1.54) is 0 Å². The minimum atomic E-state index is -0.549. The SMILES string of the molecule is Cc1ccc(Nc2nc(N3CCCC3)nc(N)c2[N+](=O)[O-])cc1C. The molecule has 1 aromatic heterocycles. The fourth-order valence-electron chi connectivity index (χ4n) is 2.74. The molecule has 3 rings (SSSR count). The monoisotopic (exact) mass is 328 g/mol. The van der Waals surface area contributed by atoms with Gasteiger partial charge in [-0.15, -0.1) is 0 Å². The maximum atomic E-state index is 11.4. The molecule has 0 aliphatic carbocycles. The summed E-state index contributed by atoms with van der Waals surface area (Å²) in [5, 5.41) is 14.4. The molecule has 1 aliphatic rings. The molecule has 1 saturated heterocycles. The largest absolute Gasteiger partial charge is 0.378 e. The molecule has 126 valence electrons. The van der Waals surface area contributed by atoms with Gasteiger partial charge < -0.3 is 16.0 Å². The predicted molar refractivity (Wildman–Crippen MR) is 93.7 cm³/mol. The topological polar surface area (TPSA) is 110 Å². The minimum absolute atomic E-state index is 0.122. The maximum absolute atomic E-state index is 11.4. The van der Waals surface area contributed by atoms with Gasteiger partial charge in [0.15, 0.2) is 0 Å². The first-order valence-electron chi connectivity index (χ1n) is 7.87. The summed E-state index contributed by atoms with van der Waals surface area (Å²) < 4.78 is 0. The molecule has 0 radical (unpaired) electrons. The highest BCUT2D eigenvalue weighted by atomic mass is 16.6. The molecule has 0 atom stereocenters. The average molecular weight is 328 g/mol. The lowest BCUT2D eigenvalue weighted by molar-refractivity contribution is -0.383. The van der Waals surface area contributed by atoms with Crippen LogP contribution in [0, 0.1) is 24.0 Å². The first-order chi connectivity index (χ1) is 11.5. The third-order valence-electron chi connectivity index (χ3n) is 4.24. The summed E-state index contributed by atoms with van der Waals surface area (Å²) in [6.07, 6.45) is 2.11. The summed E-state index contributed by atoms with van der Waals surface area (Å²) in [7, 11) is 0. The second-order valence-electron chi connectivity index (χ2n) is 5.98. The molecule has 1 aliphatic heterocycles. The molecule has 8 heteroatoms. The van der Waals surface area contributed by atoms with Gasteiger partial charge in [0.2, 0.25) is 17.6 Å². The number of nitrogens with two attached hydrogens (primary N) is 1. The molecular formula is C16H20N6O2. The van der Waals surface area contributed by atoms with Crippen LogP contribution in [0.1, 0.15) is 24.0 Å². The van der Waals surface area contributed by atoms with Crippen molar-refractivity contribution in [2.45, 2.75) is 26.7 Å². The van der Waals surface area contributed by atoms with Crippen molar-refractivity contribution in [1.29, 1.82) is 0 Å². The number of nitrogen functional groups attached to an aromatic ring is 1. The van der Waals surface area contributed by atoms with Gasteiger partial charge in [0, 0.05) is 18.8 Å². The van der Waals surface area contributed by atoms with Gasteiger partial charge in [0.25, 0.3) is 0 Å². The summed E-state index contributed by atoms with van der Waals surface area (Å²) in [6.45, 7) is 5.66. The molecule has 24 heavy (non-hydrogen) atoms. The van der Waals surface area contributed by atoms with Crippen molar-refractivity contribution >= 4 is 29.0 Å². The van der Waals surface area contributed by atoms with Gasteiger partial charge in [0.1, 0.15) is 0 Å². The van der Waals surface area contributed by atoms with Gasteiger partial charge in [0.05, 0.1) is 4.92 Å². The number of anilines is 4. The Bertz CT molecular complexity index is 786. The molecule has 0 bridgehead atoms. The van der Waals surface area contributed by atoms with E-state index in [2.05, 4.69) is 15.3 Å². The molecule has 1 aromatic carbocycles. The van der Waals surface area contributed by atoms with Gasteiger partial charge >= 0.3 is 5.69 Å². The predicted octanol–water partition coefficient (Wildman–Crippen LogP) is 2.93. The van der Waals surface area contributed by atoms with Crippen molar-refractivity contribution in [2.75, 3.05) is 29.0 Å². The van der Waals surface area contributed by atoms with Crippen LogP contribution in [-0.4, -0.2) is 28.0 Å². The highest BCUT2D eigenvalue weighted by molar-refractivity contribution is 5.74. The third-order valence-corrected chi connectivity index (χ3v) is 4.24. The normalized spacial score (nSPS) is 14.0. The number of hydrogen-bond acceptors (Lipinski definition) is 7. The molecule has 2 heterocycles. The zero-order valence-electron chi connectivity index (χ0n) is 13.7. The molecule has 8 nitrogen and oxygen atoms in total. The van der Waals surface area contributed by atoms with E-state index in [1.54, 1.807) is 0 Å². The Balaban J connectivity index is 2.02. The fraction of sp³-hybridized carbons (Fsp3) is 0.375. The highest BCUT2D eigenvalue weighted by Gasteiger charge is 2.26. The van der Waals surface area contributed by atoms with Crippen molar-refractivity contribution in [3.05, 3.63) is 39.4 Å². The zero-order valence-corrected chi connectivity index (χ0v) is 13.7. The average Bonchev–Trinajstić information content (AvgIpc) is 3.04. The van der Waals surface area contributed by atoms with Crippen LogP contribution in [-0.2, 0) is 0 Å². The number of aryl methyl sites for hydroxylation is 2. The van der Waals surface area contributed by atoms with E-state index in [-0.39, 0.29) is 17.3 Å². The second-order valence-corrected chi connectivity index (χ2v) is 5.98. The van der Waals surface area contributed by atoms with Crippen molar-refractivity contribution in [3.8, 4) is 0 Å². The van der Waals surface area contributed by atoms with Crippen LogP contribution in [0.25, 0.3) is 0 Å². The molecule has 0 amide bonds. The molecule has 2 aromatic rings. The van der Waals surface area contributed by atoms with Crippen LogP contribution in [0.3, 0.4) is 0 Å². The second kappa shape index (κ2) is 6.31. The smallest absolute Gasteiger partial charge is 0.353 e. The van der Waals surface area contributed by atoms with Crippen LogP contribution in [0.4, 0.5) is 29.0 Å². The lowest BCUT2D eigenvalue weighted by Gasteiger charge is -2.17. The summed E-state index contributed by atoms with van der Waals surface area (Å²) in [5.41, 5.74) is 8.51. The lowest BCUT2D eigenvalue weighted by atomic mass is 10.1. The summed E-state index contributed by atoms with van der Waals surface area (Å²) in [6, 6.07) is 5.74. The van der Waals surface area contributed by atoms with Gasteiger partial charge in [-0.2, -0.15) is 9.97 Å². The van der Waals surface area contributed by atoms with Gasteiger partial charge in [-0.05, 0) is 49.9 Å². The van der Waals surface area contributed by atoms with Crippen LogP contribution in [0.5, 0.6) is 0 Å². The molecule has 0 spiro atoms. The number of nitrogens with zero attached hydrogens (tertiary/aromatic N) is 4. The van der Waals surface area contributed by atoms with E-state index < -0.39 is 4.92 Å². The van der Waals surface area contributed by atoms with Gasteiger partial charge in [-0.25, -0.2) is 0 Å². The molecule has 1 fully saturated rings. The quantitative estimate of drug-likeness (QED) is 0.655. The van der Waals surface area contributed by atoms with E-state index in [1.807, 2.05) is 36.9 Å². The molecular weight excluding hydrogens is 308 g/mol. The van der Waals surface area contributed by atoms with Crippen molar-refractivity contribution in [1.82, 2.24) is 9.97 Å². The van der Waals surface area contributed by atoms with Crippen molar-refractivity contribution in [3.63, 3.8) is 0 Å². The van der Waals surface area contributed by atoms with Crippen molar-refractivity contribution < 1.29 is 4.92 Å². The molecule has 0 unspecified atom stereocenters. The third kappa shape index (κ3) is 3.08. The number of aromatic nitrogens is 2. The first kappa shape index (κ1) is 16.0. The Labute approximate surface area is 139 Å². The van der Waals surface area contributed by atoms with Crippen LogP contribution >= 0.6 is 0 Å². The van der Waals surface area contributed by atoms with Gasteiger partial charge in [-0.3, -0.25) is 10.1 Å². The fourth-order valence-corrected chi connectivity index (χ4v) is 2.74. The number of hydrogen-bond donors (Lipinski definition) is 2. The number of nitrogens with one attached hydrogen (secondary N) is 1. The van der Waals surface area contributed by atoms with Crippen LogP contribution < -0.4 is 16.0 Å². The molecule has 3 N–H and O–H groups in total. The number of benzene rings is 1. The van der Waals surface area contributed by atoms with Crippen LogP contribution in [0.15, 0.2) is 18.2 Å². The zero-order chi connectivity index (χ0) is 17.3. The van der Waals surface area contributed by atoms with Crippen LogP contribution in [0.2, 0.25) is 0 Å². The summed E-state index contributed by atoms with van der Waals surface area (Å²) in [4.78, 5) is 21.3. The van der Waals surface area contributed by atoms with E-state index in [9.17, 15) is 10.1 Å². The van der Waals surface area contributed by atoms with E-state index in [4.69, 9.17) is 5.73 Å².